The summed E-state index contributed by atoms with van der Waals surface area (Å²) in [6, 6.07) is 2.24. The molecule has 1 atom stereocenters. The van der Waals surface area contributed by atoms with E-state index in [0.29, 0.717) is 25.9 Å². The maximum absolute atomic E-state index is 13.6. The Morgan fingerprint density at radius 1 is 1.24 bits per heavy atom. The maximum atomic E-state index is 13.6. The molecule has 1 amide bonds. The van der Waals surface area contributed by atoms with E-state index in [1.165, 1.54) is 11.0 Å². The number of nitrogens with one attached hydrogen (secondary N) is 1. The first-order valence-electron chi connectivity index (χ1n) is 7.86. The third-order valence-corrected chi connectivity index (χ3v) is 4.35. The molecular weight excluding hydrogens is 364 g/mol. The number of rotatable bonds is 3. The van der Waals surface area contributed by atoms with Crippen LogP contribution in [-0.4, -0.2) is 48.5 Å². The minimum Gasteiger partial charge on any atom is -0.487 e. The smallest absolute Gasteiger partial charge is 0.262 e. The van der Waals surface area contributed by atoms with Gasteiger partial charge in [0.25, 0.3) is 5.92 Å². The zero-order valence-electron chi connectivity index (χ0n) is 13.3. The molecule has 1 aromatic carbocycles. The lowest BCUT2D eigenvalue weighted by atomic mass is 10.1. The van der Waals surface area contributed by atoms with Crippen LogP contribution in [0.15, 0.2) is 18.2 Å². The molecule has 3 rings (SSSR count). The summed E-state index contributed by atoms with van der Waals surface area (Å²) in [5.41, 5.74) is 0. The minimum atomic E-state index is -2.85. The fourth-order valence-electron chi connectivity index (χ4n) is 3.05. The molecular formula is C16H19ClF4N2O2. The Morgan fingerprint density at radius 3 is 2.48 bits per heavy atom. The molecule has 0 saturated carbocycles. The van der Waals surface area contributed by atoms with Gasteiger partial charge in [0, 0.05) is 38.4 Å². The topological polar surface area (TPSA) is 41.6 Å². The highest BCUT2D eigenvalue weighted by molar-refractivity contribution is 5.85. The van der Waals surface area contributed by atoms with Gasteiger partial charge in [0.05, 0.1) is 12.6 Å². The summed E-state index contributed by atoms with van der Waals surface area (Å²) in [4.78, 5) is 13.8. The van der Waals surface area contributed by atoms with Crippen molar-refractivity contribution in [1.82, 2.24) is 10.2 Å². The van der Waals surface area contributed by atoms with E-state index in [4.69, 9.17) is 4.74 Å². The molecule has 0 bridgehead atoms. The van der Waals surface area contributed by atoms with Crippen molar-refractivity contribution in [2.24, 2.45) is 0 Å². The van der Waals surface area contributed by atoms with Crippen LogP contribution in [-0.2, 0) is 4.79 Å². The number of carbonyl (C=O) groups is 1. The third kappa shape index (κ3) is 4.76. The first kappa shape index (κ1) is 19.8. The average molecular weight is 383 g/mol. The molecule has 25 heavy (non-hydrogen) atoms. The van der Waals surface area contributed by atoms with Crippen LogP contribution in [0.3, 0.4) is 0 Å². The summed E-state index contributed by atoms with van der Waals surface area (Å²) in [6.45, 7) is 0.235. The van der Waals surface area contributed by atoms with E-state index < -0.39 is 36.6 Å². The number of ether oxygens (including phenoxy) is 1. The van der Waals surface area contributed by atoms with Crippen molar-refractivity contribution in [3.63, 3.8) is 0 Å². The average Bonchev–Trinajstić information content (AvgIpc) is 2.90. The molecule has 2 saturated heterocycles. The predicted octanol–water partition coefficient (Wildman–Crippen LogP) is 2.75. The van der Waals surface area contributed by atoms with Gasteiger partial charge < -0.3 is 9.64 Å². The number of nitrogens with zero attached hydrogens (tertiary/aromatic N) is 1. The number of hydrogen-bond acceptors (Lipinski definition) is 3. The number of hydrogen-bond donors (Lipinski definition) is 1. The number of carbonyl (C=O) groups excluding carboxylic acids is 1. The number of benzene rings is 1. The van der Waals surface area contributed by atoms with Crippen molar-refractivity contribution in [2.75, 3.05) is 19.6 Å². The number of piperidine rings is 1. The first-order chi connectivity index (χ1) is 11.3. The molecule has 1 aromatic rings. The summed E-state index contributed by atoms with van der Waals surface area (Å²) >= 11 is 0. The van der Waals surface area contributed by atoms with Gasteiger partial charge in [-0.1, -0.05) is 0 Å². The molecule has 1 unspecified atom stereocenters. The Morgan fingerprint density at radius 2 is 1.92 bits per heavy atom. The van der Waals surface area contributed by atoms with E-state index in [9.17, 15) is 22.4 Å². The largest absolute Gasteiger partial charge is 0.487 e. The summed E-state index contributed by atoms with van der Waals surface area (Å²) in [6.07, 6.45) is 0.146. The van der Waals surface area contributed by atoms with E-state index in [-0.39, 0.29) is 30.2 Å². The molecule has 9 heteroatoms. The lowest BCUT2D eigenvalue weighted by molar-refractivity contribution is -0.135. The molecule has 140 valence electrons. The molecule has 0 spiro atoms. The monoisotopic (exact) mass is 382 g/mol. The summed E-state index contributed by atoms with van der Waals surface area (Å²) in [7, 11) is 0. The first-order valence-corrected chi connectivity index (χ1v) is 7.86. The second-order valence-corrected chi connectivity index (χ2v) is 6.21. The molecule has 2 aliphatic rings. The van der Waals surface area contributed by atoms with E-state index in [0.717, 1.165) is 12.1 Å². The fraction of sp³-hybridized carbons (Fsp3) is 0.562. The predicted molar refractivity (Wildman–Crippen MR) is 85.2 cm³/mol. The standard InChI is InChI=1S/C16H18F4N2O2.ClH/c17-10-1-2-14(12(18)7-10)24-11-3-5-22(6-4-11)15(23)13-8-16(19,20)9-21-13;/h1-2,7,11,13,21H,3-6,8-9H2;1H. The number of halogens is 5. The Hall–Kier alpha value is -1.54. The van der Waals surface area contributed by atoms with Crippen LogP contribution in [0, 0.1) is 11.6 Å². The molecule has 4 nitrogen and oxygen atoms in total. The van der Waals surface area contributed by atoms with Gasteiger partial charge in [-0.25, -0.2) is 17.6 Å². The van der Waals surface area contributed by atoms with Gasteiger partial charge in [-0.15, -0.1) is 12.4 Å². The van der Waals surface area contributed by atoms with Crippen LogP contribution >= 0.6 is 12.4 Å². The van der Waals surface area contributed by atoms with Crippen LogP contribution < -0.4 is 10.1 Å². The molecule has 0 aromatic heterocycles. The van der Waals surface area contributed by atoms with E-state index in [2.05, 4.69) is 5.32 Å². The van der Waals surface area contributed by atoms with Crippen molar-refractivity contribution < 1.29 is 27.1 Å². The molecule has 2 heterocycles. The van der Waals surface area contributed by atoms with Crippen LogP contribution in [0.1, 0.15) is 19.3 Å². The van der Waals surface area contributed by atoms with Crippen molar-refractivity contribution in [2.45, 2.75) is 37.3 Å². The maximum Gasteiger partial charge on any atom is 0.262 e. The van der Waals surface area contributed by atoms with Gasteiger partial charge in [0.15, 0.2) is 11.6 Å². The van der Waals surface area contributed by atoms with Crippen molar-refractivity contribution in [1.29, 1.82) is 0 Å². The second-order valence-electron chi connectivity index (χ2n) is 6.21. The number of alkyl halides is 2. The van der Waals surface area contributed by atoms with Gasteiger partial charge in [-0.3, -0.25) is 10.1 Å². The van der Waals surface area contributed by atoms with E-state index >= 15 is 0 Å². The molecule has 2 fully saturated rings. The zero-order valence-corrected chi connectivity index (χ0v) is 14.1. The van der Waals surface area contributed by atoms with E-state index in [1.54, 1.807) is 0 Å². The second kappa shape index (κ2) is 7.78. The van der Waals surface area contributed by atoms with Gasteiger partial charge >= 0.3 is 0 Å². The summed E-state index contributed by atoms with van der Waals surface area (Å²) in [5, 5.41) is 2.55. The van der Waals surface area contributed by atoms with Gasteiger partial charge in [-0.2, -0.15) is 0 Å². The number of likely N-dealkylation sites (tertiary alicyclic amines) is 1. The highest BCUT2D eigenvalue weighted by Gasteiger charge is 2.43. The van der Waals surface area contributed by atoms with Crippen LogP contribution in [0.4, 0.5) is 17.6 Å². The molecule has 0 radical (unpaired) electrons. The lowest BCUT2D eigenvalue weighted by Gasteiger charge is -2.33. The van der Waals surface area contributed by atoms with Crippen molar-refractivity contribution in [3.8, 4) is 5.75 Å². The van der Waals surface area contributed by atoms with Crippen LogP contribution in [0.5, 0.6) is 5.75 Å². The van der Waals surface area contributed by atoms with Gasteiger partial charge in [-0.05, 0) is 12.1 Å². The minimum absolute atomic E-state index is 0. The highest BCUT2D eigenvalue weighted by atomic mass is 35.5. The SMILES string of the molecule is Cl.O=C(C1CC(F)(F)CN1)N1CCC(Oc2ccc(F)cc2F)CC1. The Kier molecular flexibility index (Phi) is 6.16. The van der Waals surface area contributed by atoms with Crippen LogP contribution in [0.25, 0.3) is 0 Å². The molecule has 1 N–H and O–H groups in total. The van der Waals surface area contributed by atoms with Gasteiger partial charge in [0.1, 0.15) is 11.9 Å². The molecule has 0 aliphatic carbocycles. The van der Waals surface area contributed by atoms with Crippen molar-refractivity contribution >= 4 is 18.3 Å². The summed E-state index contributed by atoms with van der Waals surface area (Å²) < 4.78 is 58.3. The zero-order chi connectivity index (χ0) is 17.3. The fourth-order valence-corrected chi connectivity index (χ4v) is 3.05. The number of amides is 1. The Labute approximate surface area is 148 Å². The Balaban J connectivity index is 0.00000225. The van der Waals surface area contributed by atoms with Crippen LogP contribution in [0.2, 0.25) is 0 Å². The molecule has 2 aliphatic heterocycles. The Bertz CT molecular complexity index is 624. The quantitative estimate of drug-likeness (QED) is 0.817. The lowest BCUT2D eigenvalue weighted by Crippen LogP contribution is -2.48. The highest BCUT2D eigenvalue weighted by Crippen LogP contribution is 2.27. The summed E-state index contributed by atoms with van der Waals surface area (Å²) in [5.74, 6) is -4.66. The van der Waals surface area contributed by atoms with E-state index in [1.807, 2.05) is 0 Å². The van der Waals surface area contributed by atoms with Gasteiger partial charge in [0.2, 0.25) is 5.91 Å². The normalized spacial score (nSPS) is 23.2. The van der Waals surface area contributed by atoms with Crippen molar-refractivity contribution in [3.05, 3.63) is 29.8 Å². The third-order valence-electron chi connectivity index (χ3n) is 4.35.